The van der Waals surface area contributed by atoms with Gasteiger partial charge >= 0.3 is 0 Å². The Morgan fingerprint density at radius 2 is 1.94 bits per heavy atom. The zero-order valence-corrected chi connectivity index (χ0v) is 17.1. The third-order valence-corrected chi connectivity index (χ3v) is 5.43. The highest BCUT2D eigenvalue weighted by Gasteiger charge is 2.22. The first kappa shape index (κ1) is 20.5. The minimum atomic E-state index is -0.601. The maximum absolute atomic E-state index is 12.8. The highest BCUT2D eigenvalue weighted by Crippen LogP contribution is 2.27. The number of aromatic nitrogens is 2. The fourth-order valence-electron chi connectivity index (χ4n) is 3.51. The average Bonchev–Trinajstić information content (AvgIpc) is 2.79. The molecule has 0 unspecified atom stereocenters. The van der Waals surface area contributed by atoms with Gasteiger partial charge in [-0.25, -0.2) is 0 Å². The number of benzene rings is 2. The molecule has 3 aromatic rings. The lowest BCUT2D eigenvalue weighted by Gasteiger charge is -2.29. The van der Waals surface area contributed by atoms with Gasteiger partial charge in [0.25, 0.3) is 11.2 Å². The summed E-state index contributed by atoms with van der Waals surface area (Å²) < 4.78 is 1.04. The van der Waals surface area contributed by atoms with E-state index in [1.165, 1.54) is 30.5 Å². The average molecular weight is 440 g/mol. The van der Waals surface area contributed by atoms with Crippen LogP contribution in [0.4, 0.5) is 17.1 Å². The summed E-state index contributed by atoms with van der Waals surface area (Å²) in [5.41, 5.74) is 1.91. The normalized spacial score (nSPS) is 12.9. The summed E-state index contributed by atoms with van der Waals surface area (Å²) in [5, 5.41) is 17.6. The van der Waals surface area contributed by atoms with Crippen molar-refractivity contribution < 1.29 is 9.72 Å². The molecule has 4 rings (SSSR count). The van der Waals surface area contributed by atoms with Gasteiger partial charge in [-0.1, -0.05) is 29.8 Å². The molecular formula is C21H18ClN5O4. The van der Waals surface area contributed by atoms with Crippen LogP contribution in [-0.2, 0) is 11.2 Å². The molecule has 31 heavy (non-hydrogen) atoms. The van der Waals surface area contributed by atoms with Crippen molar-refractivity contribution in [1.82, 2.24) is 9.78 Å². The number of hydrogen-bond donors (Lipinski definition) is 1. The Morgan fingerprint density at radius 3 is 2.68 bits per heavy atom. The Morgan fingerprint density at radius 1 is 1.19 bits per heavy atom. The molecule has 0 bridgehead atoms. The SMILES string of the molecule is O=C(CNc1cnn(-c2ccc([N+](=O)[O-])cc2)c(=O)c1Cl)N1CCCc2ccccc21. The standard InChI is InChI=1S/C21H18ClN5O4/c22-20-17(12-24-26(21(20)29)15-7-9-16(10-8-15)27(30)31)23-13-19(28)25-11-3-5-14-4-1-2-6-18(14)25/h1-2,4,6-10,12,23H,3,5,11,13H2. The van der Waals surface area contributed by atoms with Crippen molar-refractivity contribution in [3.8, 4) is 5.69 Å². The van der Waals surface area contributed by atoms with E-state index in [4.69, 9.17) is 11.6 Å². The number of hydrogen-bond acceptors (Lipinski definition) is 6. The first-order valence-electron chi connectivity index (χ1n) is 9.60. The molecule has 1 N–H and O–H groups in total. The highest BCUT2D eigenvalue weighted by molar-refractivity contribution is 6.33. The van der Waals surface area contributed by atoms with E-state index in [9.17, 15) is 19.7 Å². The van der Waals surface area contributed by atoms with E-state index >= 15 is 0 Å². The maximum Gasteiger partial charge on any atom is 0.292 e. The molecule has 0 spiro atoms. The second-order valence-corrected chi connectivity index (χ2v) is 7.37. The van der Waals surface area contributed by atoms with Gasteiger partial charge in [-0.3, -0.25) is 19.7 Å². The molecule has 1 aromatic heterocycles. The number of nitro groups is 1. The number of anilines is 2. The monoisotopic (exact) mass is 439 g/mol. The zero-order chi connectivity index (χ0) is 22.0. The van der Waals surface area contributed by atoms with Gasteiger partial charge in [0.2, 0.25) is 5.91 Å². The number of halogens is 1. The van der Waals surface area contributed by atoms with Crippen LogP contribution < -0.4 is 15.8 Å². The molecule has 0 aliphatic carbocycles. The number of para-hydroxylation sites is 1. The van der Waals surface area contributed by atoms with Gasteiger partial charge in [-0.15, -0.1) is 0 Å². The number of amides is 1. The van der Waals surface area contributed by atoms with E-state index in [-0.39, 0.29) is 28.8 Å². The largest absolute Gasteiger partial charge is 0.373 e. The van der Waals surface area contributed by atoms with Crippen LogP contribution in [0.15, 0.2) is 59.5 Å². The number of nitro benzene ring substituents is 1. The number of carbonyl (C=O) groups excluding carboxylic acids is 1. The predicted octanol–water partition coefficient (Wildman–Crippen LogP) is 3.19. The van der Waals surface area contributed by atoms with Crippen LogP contribution in [0, 0.1) is 10.1 Å². The van der Waals surface area contributed by atoms with Crippen LogP contribution in [0.2, 0.25) is 5.02 Å². The van der Waals surface area contributed by atoms with Crippen molar-refractivity contribution in [3.05, 3.63) is 85.8 Å². The number of nitrogens with one attached hydrogen (secondary N) is 1. The Balaban J connectivity index is 1.50. The number of non-ortho nitro benzene ring substituents is 1. The van der Waals surface area contributed by atoms with Crippen LogP contribution in [0.1, 0.15) is 12.0 Å². The van der Waals surface area contributed by atoms with Crippen LogP contribution in [0.5, 0.6) is 0 Å². The van der Waals surface area contributed by atoms with Crippen molar-refractivity contribution in [2.75, 3.05) is 23.3 Å². The lowest BCUT2D eigenvalue weighted by molar-refractivity contribution is -0.384. The Kier molecular flexibility index (Phi) is 5.68. The van der Waals surface area contributed by atoms with E-state index in [0.717, 1.165) is 28.8 Å². The smallest absolute Gasteiger partial charge is 0.292 e. The fraction of sp³-hybridized carbons (Fsp3) is 0.190. The highest BCUT2D eigenvalue weighted by atomic mass is 35.5. The molecule has 158 valence electrons. The zero-order valence-electron chi connectivity index (χ0n) is 16.3. The molecule has 1 amide bonds. The first-order valence-corrected chi connectivity index (χ1v) is 9.98. The molecule has 1 aliphatic rings. The van der Waals surface area contributed by atoms with Gasteiger partial charge in [-0.05, 0) is 36.6 Å². The van der Waals surface area contributed by atoms with E-state index < -0.39 is 10.5 Å². The second kappa shape index (κ2) is 8.57. The molecule has 0 fully saturated rings. The van der Waals surface area contributed by atoms with Gasteiger partial charge < -0.3 is 10.2 Å². The van der Waals surface area contributed by atoms with Gasteiger partial charge in [-0.2, -0.15) is 9.78 Å². The first-order chi connectivity index (χ1) is 15.0. The number of carbonyl (C=O) groups is 1. The van der Waals surface area contributed by atoms with Crippen molar-refractivity contribution in [2.24, 2.45) is 0 Å². The molecule has 2 aromatic carbocycles. The lowest BCUT2D eigenvalue weighted by atomic mass is 10.0. The maximum atomic E-state index is 12.8. The van der Waals surface area contributed by atoms with Crippen molar-refractivity contribution in [1.29, 1.82) is 0 Å². The van der Waals surface area contributed by atoms with E-state index in [0.29, 0.717) is 12.2 Å². The Hall–Kier alpha value is -3.72. The number of rotatable bonds is 5. The fourth-order valence-corrected chi connectivity index (χ4v) is 3.71. The minimum absolute atomic E-state index is 0.0449. The van der Waals surface area contributed by atoms with Crippen molar-refractivity contribution >= 4 is 34.6 Å². The molecule has 0 saturated carbocycles. The minimum Gasteiger partial charge on any atom is -0.373 e. The summed E-state index contributed by atoms with van der Waals surface area (Å²) in [6, 6.07) is 13.2. The van der Waals surface area contributed by atoms with Crippen LogP contribution in [0.25, 0.3) is 5.69 Å². The Bertz CT molecular complexity index is 1210. The number of fused-ring (bicyclic) bond motifs is 1. The number of nitrogens with zero attached hydrogens (tertiary/aromatic N) is 4. The van der Waals surface area contributed by atoms with E-state index in [2.05, 4.69) is 10.4 Å². The molecule has 1 aliphatic heterocycles. The topological polar surface area (TPSA) is 110 Å². The summed E-state index contributed by atoms with van der Waals surface area (Å²) in [7, 11) is 0. The molecular weight excluding hydrogens is 422 g/mol. The Labute approximate surface area is 182 Å². The molecule has 2 heterocycles. The van der Waals surface area contributed by atoms with Gasteiger partial charge in [0, 0.05) is 24.4 Å². The summed E-state index contributed by atoms with van der Waals surface area (Å²) in [4.78, 5) is 37.4. The molecule has 10 heteroatoms. The van der Waals surface area contributed by atoms with Crippen LogP contribution in [0.3, 0.4) is 0 Å². The third-order valence-electron chi connectivity index (χ3n) is 5.07. The quantitative estimate of drug-likeness (QED) is 0.483. The molecule has 0 atom stereocenters. The number of aryl methyl sites for hydroxylation is 1. The molecule has 9 nitrogen and oxygen atoms in total. The summed E-state index contributed by atoms with van der Waals surface area (Å²) in [5.74, 6) is -0.136. The van der Waals surface area contributed by atoms with Crippen molar-refractivity contribution in [3.63, 3.8) is 0 Å². The van der Waals surface area contributed by atoms with Gasteiger partial charge in [0.15, 0.2) is 0 Å². The predicted molar refractivity (Wildman–Crippen MR) is 117 cm³/mol. The summed E-state index contributed by atoms with van der Waals surface area (Å²) in [6.45, 7) is 0.585. The second-order valence-electron chi connectivity index (χ2n) is 6.99. The lowest BCUT2D eigenvalue weighted by Crippen LogP contribution is -2.39. The van der Waals surface area contributed by atoms with Gasteiger partial charge in [0.05, 0.1) is 29.0 Å². The summed E-state index contributed by atoms with van der Waals surface area (Å²) in [6.07, 6.45) is 3.17. The third kappa shape index (κ3) is 4.13. The summed E-state index contributed by atoms with van der Waals surface area (Å²) >= 11 is 6.21. The molecule has 0 radical (unpaired) electrons. The van der Waals surface area contributed by atoms with Gasteiger partial charge in [0.1, 0.15) is 5.02 Å². The van der Waals surface area contributed by atoms with Crippen molar-refractivity contribution in [2.45, 2.75) is 12.8 Å². The molecule has 0 saturated heterocycles. The van der Waals surface area contributed by atoms with E-state index in [1.807, 2.05) is 24.3 Å². The van der Waals surface area contributed by atoms with E-state index in [1.54, 1.807) is 4.90 Å². The van der Waals surface area contributed by atoms with Crippen LogP contribution in [-0.4, -0.2) is 33.7 Å². The van der Waals surface area contributed by atoms with Crippen LogP contribution >= 0.6 is 11.6 Å².